The average molecular weight is 212 g/mol. The van der Waals surface area contributed by atoms with E-state index in [1.165, 1.54) is 13.2 Å². The molecule has 3 nitrogen and oxygen atoms in total. The summed E-state index contributed by atoms with van der Waals surface area (Å²) in [5.74, 6) is -0.260. The third-order valence-electron chi connectivity index (χ3n) is 2.40. The smallest absolute Gasteiger partial charge is 0.128 e. The van der Waals surface area contributed by atoms with Crippen LogP contribution in [0.25, 0.3) is 0 Å². The van der Waals surface area contributed by atoms with Crippen LogP contribution in [0.5, 0.6) is 0 Å². The summed E-state index contributed by atoms with van der Waals surface area (Å²) in [5.41, 5.74) is 6.38. The predicted octanol–water partition coefficient (Wildman–Crippen LogP) is 1.71. The van der Waals surface area contributed by atoms with E-state index in [1.54, 1.807) is 30.3 Å². The third kappa shape index (κ3) is 2.75. The highest BCUT2D eigenvalue weighted by atomic mass is 19.1. The van der Waals surface area contributed by atoms with Crippen molar-refractivity contribution in [2.24, 2.45) is 5.73 Å². The van der Waals surface area contributed by atoms with Crippen molar-refractivity contribution in [2.75, 3.05) is 14.2 Å². The van der Waals surface area contributed by atoms with Crippen molar-refractivity contribution in [1.29, 1.82) is 0 Å². The number of hydrogen-bond acceptors (Lipinski definition) is 3. The molecule has 0 radical (unpaired) electrons. The molecule has 0 aliphatic carbocycles. The molecule has 0 aliphatic rings. The molecule has 2 atom stereocenters. The van der Waals surface area contributed by atoms with Gasteiger partial charge in [0.2, 0.25) is 0 Å². The topological polar surface area (TPSA) is 38.5 Å². The molecule has 1 aromatic carbocycles. The SMILES string of the molecule is CON(C)C(c1ccccc1F)C(C)N. The Kier molecular flexibility index (Phi) is 4.20. The molecule has 15 heavy (non-hydrogen) atoms. The molecule has 0 spiro atoms. The zero-order valence-corrected chi connectivity index (χ0v) is 9.27. The minimum Gasteiger partial charge on any atom is -0.326 e. The highest BCUT2D eigenvalue weighted by molar-refractivity contribution is 5.22. The van der Waals surface area contributed by atoms with Crippen LogP contribution in [-0.2, 0) is 4.84 Å². The quantitative estimate of drug-likeness (QED) is 0.772. The molecule has 2 N–H and O–H groups in total. The lowest BCUT2D eigenvalue weighted by Gasteiger charge is -2.29. The lowest BCUT2D eigenvalue weighted by Crippen LogP contribution is -2.37. The van der Waals surface area contributed by atoms with Gasteiger partial charge in [-0.05, 0) is 13.0 Å². The first-order valence-electron chi connectivity index (χ1n) is 4.85. The monoisotopic (exact) mass is 212 g/mol. The zero-order valence-electron chi connectivity index (χ0n) is 9.27. The Morgan fingerprint density at radius 1 is 1.40 bits per heavy atom. The molecule has 0 amide bonds. The lowest BCUT2D eigenvalue weighted by molar-refractivity contribution is -0.147. The van der Waals surface area contributed by atoms with Crippen LogP contribution in [0.4, 0.5) is 4.39 Å². The molecule has 0 aliphatic heterocycles. The molecule has 0 saturated carbocycles. The van der Waals surface area contributed by atoms with Gasteiger partial charge in [-0.1, -0.05) is 18.2 Å². The Balaban J connectivity index is 3.04. The summed E-state index contributed by atoms with van der Waals surface area (Å²) in [7, 11) is 3.27. The van der Waals surface area contributed by atoms with Crippen molar-refractivity contribution < 1.29 is 9.23 Å². The zero-order chi connectivity index (χ0) is 11.4. The number of rotatable bonds is 4. The van der Waals surface area contributed by atoms with Gasteiger partial charge in [0.25, 0.3) is 0 Å². The summed E-state index contributed by atoms with van der Waals surface area (Å²) in [6, 6.07) is 6.09. The van der Waals surface area contributed by atoms with Gasteiger partial charge in [-0.3, -0.25) is 0 Å². The number of hydroxylamine groups is 2. The number of nitrogens with two attached hydrogens (primary N) is 1. The number of benzene rings is 1. The van der Waals surface area contributed by atoms with E-state index in [0.29, 0.717) is 5.56 Å². The fourth-order valence-electron chi connectivity index (χ4n) is 1.64. The normalized spacial score (nSPS) is 15.3. The van der Waals surface area contributed by atoms with Crippen molar-refractivity contribution in [3.8, 4) is 0 Å². The summed E-state index contributed by atoms with van der Waals surface area (Å²) in [5, 5.41) is 1.56. The van der Waals surface area contributed by atoms with Gasteiger partial charge in [0.05, 0.1) is 13.2 Å². The second-order valence-electron chi connectivity index (χ2n) is 3.55. The van der Waals surface area contributed by atoms with Crippen LogP contribution in [0.1, 0.15) is 18.5 Å². The number of likely N-dealkylation sites (N-methyl/N-ethyl adjacent to an activating group) is 1. The van der Waals surface area contributed by atoms with Crippen molar-refractivity contribution >= 4 is 0 Å². The van der Waals surface area contributed by atoms with Crippen LogP contribution in [0.3, 0.4) is 0 Å². The fourth-order valence-corrected chi connectivity index (χ4v) is 1.64. The Hall–Kier alpha value is -0.970. The molecule has 0 bridgehead atoms. The van der Waals surface area contributed by atoms with E-state index in [9.17, 15) is 4.39 Å². The fraction of sp³-hybridized carbons (Fsp3) is 0.455. The Morgan fingerprint density at radius 2 is 2.00 bits per heavy atom. The molecular weight excluding hydrogens is 195 g/mol. The molecule has 4 heteroatoms. The standard InChI is InChI=1S/C11H17FN2O/c1-8(13)11(14(2)15-3)9-6-4-5-7-10(9)12/h4-8,11H,13H2,1-3H3. The van der Waals surface area contributed by atoms with Crippen molar-refractivity contribution in [3.63, 3.8) is 0 Å². The number of hydrogen-bond donors (Lipinski definition) is 1. The molecule has 2 unspecified atom stereocenters. The first-order valence-corrected chi connectivity index (χ1v) is 4.85. The maximum atomic E-state index is 13.6. The first-order chi connectivity index (χ1) is 7.07. The highest BCUT2D eigenvalue weighted by Gasteiger charge is 2.23. The Morgan fingerprint density at radius 3 is 2.47 bits per heavy atom. The molecular formula is C11H17FN2O. The predicted molar refractivity (Wildman–Crippen MR) is 57.6 cm³/mol. The van der Waals surface area contributed by atoms with Gasteiger partial charge in [-0.15, -0.1) is 0 Å². The molecule has 1 aromatic rings. The second-order valence-corrected chi connectivity index (χ2v) is 3.55. The van der Waals surface area contributed by atoms with E-state index in [2.05, 4.69) is 0 Å². The van der Waals surface area contributed by atoms with Crippen LogP contribution >= 0.6 is 0 Å². The molecule has 0 fully saturated rings. The summed E-state index contributed by atoms with van der Waals surface area (Å²) in [4.78, 5) is 5.07. The van der Waals surface area contributed by atoms with Crippen molar-refractivity contribution in [1.82, 2.24) is 5.06 Å². The molecule has 84 valence electrons. The summed E-state index contributed by atoms with van der Waals surface area (Å²) < 4.78 is 13.6. The second kappa shape index (κ2) is 5.21. The summed E-state index contributed by atoms with van der Waals surface area (Å²) >= 11 is 0. The van der Waals surface area contributed by atoms with Gasteiger partial charge in [0.1, 0.15) is 5.82 Å². The van der Waals surface area contributed by atoms with E-state index in [-0.39, 0.29) is 17.9 Å². The van der Waals surface area contributed by atoms with E-state index >= 15 is 0 Å². The minimum absolute atomic E-state index is 0.216. The number of nitrogens with zero attached hydrogens (tertiary/aromatic N) is 1. The largest absolute Gasteiger partial charge is 0.326 e. The van der Waals surface area contributed by atoms with Crippen LogP contribution in [0, 0.1) is 5.82 Å². The Labute approximate surface area is 89.6 Å². The minimum atomic E-state index is -0.281. The average Bonchev–Trinajstić information content (AvgIpc) is 2.20. The van der Waals surface area contributed by atoms with Crippen LogP contribution in [-0.4, -0.2) is 25.3 Å². The number of halogens is 1. The van der Waals surface area contributed by atoms with Crippen LogP contribution in [0.2, 0.25) is 0 Å². The van der Waals surface area contributed by atoms with Gasteiger partial charge in [0, 0.05) is 18.7 Å². The summed E-state index contributed by atoms with van der Waals surface area (Å²) in [6.45, 7) is 1.83. The van der Waals surface area contributed by atoms with E-state index in [1.807, 2.05) is 6.92 Å². The van der Waals surface area contributed by atoms with E-state index in [4.69, 9.17) is 10.6 Å². The van der Waals surface area contributed by atoms with Gasteiger partial charge in [0.15, 0.2) is 0 Å². The van der Waals surface area contributed by atoms with Crippen LogP contribution < -0.4 is 5.73 Å². The lowest BCUT2D eigenvalue weighted by atomic mass is 10.0. The Bertz CT molecular complexity index is 317. The van der Waals surface area contributed by atoms with Crippen molar-refractivity contribution in [2.45, 2.75) is 19.0 Å². The van der Waals surface area contributed by atoms with E-state index in [0.717, 1.165) is 0 Å². The maximum Gasteiger partial charge on any atom is 0.128 e. The van der Waals surface area contributed by atoms with Crippen LogP contribution in [0.15, 0.2) is 24.3 Å². The molecule has 0 heterocycles. The molecule has 0 saturated heterocycles. The summed E-state index contributed by atoms with van der Waals surface area (Å²) in [6.07, 6.45) is 0. The third-order valence-corrected chi connectivity index (χ3v) is 2.40. The first kappa shape index (κ1) is 12.1. The van der Waals surface area contributed by atoms with E-state index < -0.39 is 0 Å². The maximum absolute atomic E-state index is 13.6. The molecule has 1 rings (SSSR count). The molecule has 0 aromatic heterocycles. The van der Waals surface area contributed by atoms with Gasteiger partial charge < -0.3 is 10.6 Å². The highest BCUT2D eigenvalue weighted by Crippen LogP contribution is 2.24. The van der Waals surface area contributed by atoms with Gasteiger partial charge in [-0.2, -0.15) is 5.06 Å². The van der Waals surface area contributed by atoms with Crippen molar-refractivity contribution in [3.05, 3.63) is 35.6 Å². The van der Waals surface area contributed by atoms with Gasteiger partial charge in [-0.25, -0.2) is 4.39 Å². The van der Waals surface area contributed by atoms with Gasteiger partial charge >= 0.3 is 0 Å².